The Hall–Kier alpha value is -8.39. The Morgan fingerprint density at radius 2 is 1.49 bits per heavy atom. The average molecular weight is 1150 g/mol. The van der Waals surface area contributed by atoms with Crippen molar-refractivity contribution in [2.24, 2.45) is 16.3 Å². The highest BCUT2D eigenvalue weighted by Gasteiger charge is 2.42. The number of aliphatic imine (C=N–C) groups is 1. The lowest BCUT2D eigenvalue weighted by molar-refractivity contribution is -0.190. The second-order valence-electron chi connectivity index (χ2n) is 22.2. The second kappa shape index (κ2) is 26.2. The molecule has 20 heteroatoms. The van der Waals surface area contributed by atoms with Crippen LogP contribution in [0, 0.1) is 11.3 Å². The number of hydrogen-bond acceptors (Lipinski definition) is 15. The number of rotatable bonds is 24. The number of ether oxygens (including phenoxy) is 4. The summed E-state index contributed by atoms with van der Waals surface area (Å²) < 4.78 is 24.9. The fourth-order valence-corrected chi connectivity index (χ4v) is 11.5. The number of nitrogens with zero attached hydrogens (tertiary/aromatic N) is 5. The lowest BCUT2D eigenvalue weighted by Gasteiger charge is -2.44. The molecule has 19 nitrogen and oxygen atoms in total. The molecule has 0 aliphatic carbocycles. The molecule has 5 amide bonds. The minimum Gasteiger partial charge on any atom is -0.493 e. The summed E-state index contributed by atoms with van der Waals surface area (Å²) in [6.07, 6.45) is 3.96. The molecule has 5 aromatic rings. The van der Waals surface area contributed by atoms with Gasteiger partial charge in [-0.05, 0) is 91.4 Å². The third-order valence-corrected chi connectivity index (χ3v) is 15.7. The van der Waals surface area contributed by atoms with E-state index in [0.717, 1.165) is 34.0 Å². The molecule has 2 N–H and O–H groups in total. The van der Waals surface area contributed by atoms with E-state index in [2.05, 4.69) is 10.6 Å². The number of anilines is 4. The summed E-state index contributed by atoms with van der Waals surface area (Å²) in [5.74, 6) is -0.801. The number of aldehydes is 1. The number of fused-ring (bicyclic) bond motifs is 5. The summed E-state index contributed by atoms with van der Waals surface area (Å²) in [6, 6.07) is 27.9. The molecule has 0 radical (unpaired) electrons. The highest BCUT2D eigenvalue weighted by atomic mass is 32.2. The summed E-state index contributed by atoms with van der Waals surface area (Å²) in [5, 5.41) is 6.98. The van der Waals surface area contributed by atoms with E-state index in [0.29, 0.717) is 87.3 Å². The minimum atomic E-state index is -1.02. The maximum atomic E-state index is 14.8. The number of hydrogen-bond donors (Lipinski definition) is 2. The average Bonchev–Trinajstić information content (AvgIpc) is 3.11. The quantitative estimate of drug-likeness (QED) is 0.0335. The van der Waals surface area contributed by atoms with Gasteiger partial charge in [-0.1, -0.05) is 64.1 Å². The minimum absolute atomic E-state index is 0.0169. The van der Waals surface area contributed by atoms with Gasteiger partial charge in [0.15, 0.2) is 23.0 Å². The molecular formula is C63H73N7O12S. The van der Waals surface area contributed by atoms with Crippen molar-refractivity contribution in [1.29, 1.82) is 0 Å². The Labute approximate surface area is 488 Å². The van der Waals surface area contributed by atoms with E-state index in [1.54, 1.807) is 52.2 Å². The first-order valence-corrected chi connectivity index (χ1v) is 28.8. The molecule has 3 heterocycles. The van der Waals surface area contributed by atoms with E-state index < -0.39 is 28.7 Å². The number of nitrogens with one attached hydrogen (secondary N) is 2. The summed E-state index contributed by atoms with van der Waals surface area (Å²) in [6.45, 7) is 11.8. The van der Waals surface area contributed by atoms with Gasteiger partial charge in [-0.2, -0.15) is 5.06 Å². The van der Waals surface area contributed by atoms with Crippen LogP contribution in [-0.4, -0.2) is 118 Å². The van der Waals surface area contributed by atoms with Gasteiger partial charge in [0.25, 0.3) is 17.7 Å². The van der Waals surface area contributed by atoms with E-state index >= 15 is 0 Å². The first-order valence-electron chi connectivity index (χ1n) is 27.6. The van der Waals surface area contributed by atoms with Crippen molar-refractivity contribution in [2.75, 3.05) is 72.9 Å². The fraction of sp³-hybridized carbons (Fsp3) is 0.397. The largest absolute Gasteiger partial charge is 0.493 e. The number of benzene rings is 5. The molecule has 0 fully saturated rings. The van der Waals surface area contributed by atoms with Gasteiger partial charge in [0, 0.05) is 104 Å². The standard InChI is InChI=1S/C63H73N7O12S/c1-39(2)58(74)70(63(5,6)38-62(3,4)61(77)65-22-25-83-37-57(73)82-67(8)56(72)20-15-24-71)44-27-40(35-80-54-32-48(64-7)46(30-52(54)78-9)59(75)68-23-21-42-16-11-13-18-50(42)68)26-41(28-44)36-81-55-33-49-47(31-53(55)79-10)60(76)69-45(34-66-49)29-43-17-12-14-19-51(43)69/h11-14,16-19,24,26-28,30-34,39,45,64H,15,20-23,25,29,35-38H2,1-10H3,(H,65,77). The zero-order valence-corrected chi connectivity index (χ0v) is 49.6. The molecule has 8 rings (SSSR count). The number of carbonyl (C=O) groups is 7. The highest BCUT2D eigenvalue weighted by molar-refractivity contribution is 7.99. The Kier molecular flexibility index (Phi) is 19.2. The molecule has 3 aliphatic rings. The first-order chi connectivity index (χ1) is 39.7. The van der Waals surface area contributed by atoms with Gasteiger partial charge in [0.2, 0.25) is 11.8 Å². The molecule has 0 bridgehead atoms. The number of methoxy groups -OCH3 is 2. The molecule has 0 aromatic heterocycles. The van der Waals surface area contributed by atoms with Gasteiger partial charge in [0.1, 0.15) is 19.5 Å². The molecule has 1 atom stereocenters. The van der Waals surface area contributed by atoms with Crippen molar-refractivity contribution < 1.29 is 57.3 Å². The molecule has 5 aromatic carbocycles. The van der Waals surface area contributed by atoms with E-state index in [4.69, 9.17) is 28.8 Å². The first kappa shape index (κ1) is 60.7. The second-order valence-corrected chi connectivity index (χ2v) is 23.3. The zero-order chi connectivity index (χ0) is 59.8. The summed E-state index contributed by atoms with van der Waals surface area (Å²) in [7, 11) is 6.07. The van der Waals surface area contributed by atoms with E-state index in [1.165, 1.54) is 33.0 Å². The van der Waals surface area contributed by atoms with Crippen LogP contribution in [0.1, 0.15) is 104 Å². The smallest absolute Gasteiger partial charge is 0.342 e. The number of para-hydroxylation sites is 2. The zero-order valence-electron chi connectivity index (χ0n) is 48.8. The van der Waals surface area contributed by atoms with Crippen molar-refractivity contribution in [2.45, 2.75) is 98.4 Å². The fourth-order valence-electron chi connectivity index (χ4n) is 10.9. The monoisotopic (exact) mass is 1150 g/mol. The number of carbonyl (C=O) groups excluding carboxylic acids is 7. The highest BCUT2D eigenvalue weighted by Crippen LogP contribution is 2.43. The van der Waals surface area contributed by atoms with Crippen molar-refractivity contribution in [3.63, 3.8) is 0 Å². The van der Waals surface area contributed by atoms with Gasteiger partial charge in [-0.3, -0.25) is 33.9 Å². The third kappa shape index (κ3) is 13.8. The Morgan fingerprint density at radius 3 is 2.16 bits per heavy atom. The summed E-state index contributed by atoms with van der Waals surface area (Å²) in [4.78, 5) is 107. The lowest BCUT2D eigenvalue weighted by atomic mass is 9.77. The van der Waals surface area contributed by atoms with Crippen LogP contribution in [0.5, 0.6) is 23.0 Å². The van der Waals surface area contributed by atoms with Crippen LogP contribution in [0.4, 0.5) is 28.4 Å². The molecule has 83 heavy (non-hydrogen) atoms. The van der Waals surface area contributed by atoms with Gasteiger partial charge >= 0.3 is 5.97 Å². The molecule has 3 aliphatic heterocycles. The van der Waals surface area contributed by atoms with Crippen molar-refractivity contribution in [3.8, 4) is 23.0 Å². The van der Waals surface area contributed by atoms with Gasteiger partial charge in [-0.15, -0.1) is 11.8 Å². The Bertz CT molecular complexity index is 3320. The van der Waals surface area contributed by atoms with Crippen LogP contribution in [0.3, 0.4) is 0 Å². The van der Waals surface area contributed by atoms with Crippen LogP contribution in [0.2, 0.25) is 0 Å². The molecule has 0 saturated heterocycles. The Balaban J connectivity index is 1.06. The predicted octanol–water partition coefficient (Wildman–Crippen LogP) is 9.32. The molecular weight excluding hydrogens is 1080 g/mol. The van der Waals surface area contributed by atoms with Crippen molar-refractivity contribution in [1.82, 2.24) is 10.4 Å². The third-order valence-electron chi connectivity index (χ3n) is 14.8. The maximum Gasteiger partial charge on any atom is 0.342 e. The van der Waals surface area contributed by atoms with Gasteiger partial charge in [-0.25, -0.2) is 4.79 Å². The number of amides is 5. The summed E-state index contributed by atoms with van der Waals surface area (Å²) >= 11 is 1.22. The molecule has 0 spiro atoms. The maximum absolute atomic E-state index is 14.8. The van der Waals surface area contributed by atoms with Crippen LogP contribution in [0.25, 0.3) is 0 Å². The molecule has 1 unspecified atom stereocenters. The number of thioether (sulfide) groups is 1. The van der Waals surface area contributed by atoms with Crippen LogP contribution in [-0.2, 0) is 54.9 Å². The summed E-state index contributed by atoms with van der Waals surface area (Å²) in [5.41, 5.74) is 5.44. The van der Waals surface area contributed by atoms with Crippen LogP contribution < -0.4 is 44.3 Å². The van der Waals surface area contributed by atoms with Crippen molar-refractivity contribution in [3.05, 3.63) is 124 Å². The van der Waals surface area contributed by atoms with Crippen LogP contribution >= 0.6 is 11.8 Å². The van der Waals surface area contributed by atoms with Gasteiger partial charge < -0.3 is 49.0 Å². The van der Waals surface area contributed by atoms with Crippen LogP contribution in [0.15, 0.2) is 96.0 Å². The lowest BCUT2D eigenvalue weighted by Crippen LogP contribution is -2.54. The molecule has 0 saturated carbocycles. The topological polar surface area (TPSA) is 215 Å². The number of hydroxylamine groups is 2. The van der Waals surface area contributed by atoms with Crippen molar-refractivity contribution >= 4 is 88.2 Å². The molecule has 438 valence electrons. The van der Waals surface area contributed by atoms with E-state index in [-0.39, 0.29) is 74.4 Å². The normalized spacial score (nSPS) is 14.2. The van der Waals surface area contributed by atoms with Gasteiger partial charge in [0.05, 0.1) is 48.5 Å². The Morgan fingerprint density at radius 1 is 0.843 bits per heavy atom. The van der Waals surface area contributed by atoms with E-state index in [1.807, 2.05) is 108 Å². The predicted molar refractivity (Wildman–Crippen MR) is 321 cm³/mol. The van der Waals surface area contributed by atoms with E-state index in [9.17, 15) is 33.6 Å². The SMILES string of the molecule is CNc1cc(OCc2cc(COc3cc4c(cc3OC)C(=O)N3c5ccccc5CC3C=N4)cc(N(C(=O)C(C)C)C(C)(C)CC(C)(C)C(=O)NCCSCC(=O)ON(C)C(=O)CCC=O)c2)c(OC)cc1C(=O)N1CCc2ccccc21.